The highest BCUT2D eigenvalue weighted by Gasteiger charge is 2.60. The Kier molecular flexibility index (Phi) is 5.31. The Morgan fingerprint density at radius 1 is 1.10 bits per heavy atom. The van der Waals surface area contributed by atoms with Gasteiger partial charge in [-0.3, -0.25) is 9.59 Å². The van der Waals surface area contributed by atoms with Gasteiger partial charge in [0.15, 0.2) is 0 Å². The summed E-state index contributed by atoms with van der Waals surface area (Å²) in [6.45, 7) is 2.40. The molecule has 4 rings (SSSR count). The first kappa shape index (κ1) is 19.5. The van der Waals surface area contributed by atoms with Crippen LogP contribution in [0.25, 0.3) is 0 Å². The molecule has 1 amide bonds. The number of amides is 1. The van der Waals surface area contributed by atoms with E-state index in [0.29, 0.717) is 30.8 Å². The molecule has 0 aromatic heterocycles. The van der Waals surface area contributed by atoms with Crippen LogP contribution < -0.4 is 4.74 Å². The Bertz CT molecular complexity index is 897. The normalized spacial score (nSPS) is 25.2. The number of hydrogen-bond donors (Lipinski definition) is 1. The van der Waals surface area contributed by atoms with E-state index in [1.165, 1.54) is 5.56 Å². The second kappa shape index (κ2) is 7.90. The molecule has 2 bridgehead atoms. The molecule has 2 aliphatic heterocycles. The second-order valence-electron chi connectivity index (χ2n) is 8.06. The van der Waals surface area contributed by atoms with Gasteiger partial charge in [0.05, 0.1) is 17.6 Å². The zero-order valence-corrected chi connectivity index (χ0v) is 16.7. The predicted octanol–water partition coefficient (Wildman–Crippen LogP) is 4.17. The van der Waals surface area contributed by atoms with Crippen molar-refractivity contribution in [3.63, 3.8) is 0 Å². The van der Waals surface area contributed by atoms with Crippen LogP contribution in [0.1, 0.15) is 48.5 Å². The first-order valence-corrected chi connectivity index (χ1v) is 10.4. The van der Waals surface area contributed by atoms with Gasteiger partial charge in [0.2, 0.25) is 0 Å². The molecule has 5 nitrogen and oxygen atoms in total. The zero-order valence-electron chi connectivity index (χ0n) is 16.7. The summed E-state index contributed by atoms with van der Waals surface area (Å²) in [5.74, 6) is -0.320. The zero-order chi connectivity index (χ0) is 20.4. The van der Waals surface area contributed by atoms with E-state index in [0.717, 1.165) is 19.3 Å². The van der Waals surface area contributed by atoms with Crippen LogP contribution in [0.4, 0.5) is 0 Å². The minimum Gasteiger partial charge on any atom is -0.492 e. The minimum absolute atomic E-state index is 0.000856. The summed E-state index contributed by atoms with van der Waals surface area (Å²) in [6.07, 6.45) is 3.49. The van der Waals surface area contributed by atoms with Crippen molar-refractivity contribution >= 4 is 11.9 Å². The van der Waals surface area contributed by atoms with E-state index in [-0.39, 0.29) is 18.0 Å². The van der Waals surface area contributed by atoms with Gasteiger partial charge in [-0.15, -0.1) is 0 Å². The number of carboxylic acid groups (broad SMARTS) is 1. The van der Waals surface area contributed by atoms with E-state index in [4.69, 9.17) is 4.74 Å². The molecular weight excluding hydrogens is 366 g/mol. The van der Waals surface area contributed by atoms with Gasteiger partial charge >= 0.3 is 5.97 Å². The van der Waals surface area contributed by atoms with Gasteiger partial charge in [-0.05, 0) is 43.4 Å². The Balaban J connectivity index is 1.52. The van der Waals surface area contributed by atoms with Gasteiger partial charge in [0.1, 0.15) is 5.75 Å². The third kappa shape index (κ3) is 3.39. The molecule has 152 valence electrons. The van der Waals surface area contributed by atoms with Crippen molar-refractivity contribution in [1.29, 1.82) is 0 Å². The maximum Gasteiger partial charge on any atom is 0.311 e. The van der Waals surface area contributed by atoms with Crippen LogP contribution in [0.5, 0.6) is 5.75 Å². The number of carbonyl (C=O) groups excluding carboxylic acids is 1. The number of para-hydroxylation sites is 1. The molecule has 29 heavy (non-hydrogen) atoms. The molecule has 0 aliphatic carbocycles. The number of nitrogens with zero attached hydrogens (tertiary/aromatic N) is 1. The van der Waals surface area contributed by atoms with E-state index in [9.17, 15) is 14.7 Å². The van der Waals surface area contributed by atoms with Crippen LogP contribution in [-0.4, -0.2) is 40.6 Å². The summed E-state index contributed by atoms with van der Waals surface area (Å²) < 4.78 is 5.97. The van der Waals surface area contributed by atoms with Gasteiger partial charge < -0.3 is 14.7 Å². The van der Waals surface area contributed by atoms with Crippen molar-refractivity contribution < 1.29 is 19.4 Å². The molecule has 3 atom stereocenters. The lowest BCUT2D eigenvalue weighted by atomic mass is 9.72. The lowest BCUT2D eigenvalue weighted by Gasteiger charge is -2.32. The number of carbonyl (C=O) groups is 2. The summed E-state index contributed by atoms with van der Waals surface area (Å²) in [7, 11) is 0. The molecular formula is C24H27NO4. The lowest BCUT2D eigenvalue weighted by molar-refractivity contribution is -0.151. The van der Waals surface area contributed by atoms with Gasteiger partial charge in [0, 0.05) is 18.5 Å². The summed E-state index contributed by atoms with van der Waals surface area (Å²) in [5.41, 5.74) is 0.889. The van der Waals surface area contributed by atoms with Gasteiger partial charge in [0.25, 0.3) is 5.91 Å². The number of fused-ring (bicyclic) bond motifs is 2. The summed E-state index contributed by atoms with van der Waals surface area (Å²) >= 11 is 0. The fraction of sp³-hybridized carbons (Fsp3) is 0.417. The minimum atomic E-state index is -0.818. The van der Waals surface area contributed by atoms with Crippen LogP contribution in [0, 0.1) is 5.41 Å². The van der Waals surface area contributed by atoms with E-state index in [2.05, 4.69) is 12.1 Å². The molecule has 2 aromatic rings. The maximum atomic E-state index is 13.4. The van der Waals surface area contributed by atoms with Gasteiger partial charge in [-0.1, -0.05) is 49.4 Å². The standard InChI is InChI=1S/C24H27NO4/c1-2-24(23(27)28)16-18-12-13-21(24)25(18)22(26)19-10-6-7-11-20(19)29-15-14-17-8-4-3-5-9-17/h3-11,18,21H,2,12-16H2,1H3,(H,27,28)/t18-,21+,24+/m0/s1. The molecule has 0 spiro atoms. The number of benzene rings is 2. The molecule has 2 aromatic carbocycles. The molecule has 0 radical (unpaired) electrons. The quantitative estimate of drug-likeness (QED) is 0.767. The Morgan fingerprint density at radius 3 is 2.52 bits per heavy atom. The fourth-order valence-electron chi connectivity index (χ4n) is 5.08. The van der Waals surface area contributed by atoms with E-state index >= 15 is 0 Å². The molecule has 2 heterocycles. The number of aliphatic carboxylic acids is 1. The number of carboxylic acids is 1. The third-order valence-corrected chi connectivity index (χ3v) is 6.64. The predicted molar refractivity (Wildman–Crippen MR) is 110 cm³/mol. The fourth-order valence-corrected chi connectivity index (χ4v) is 5.08. The van der Waals surface area contributed by atoms with Crippen molar-refractivity contribution in [1.82, 2.24) is 4.90 Å². The Morgan fingerprint density at radius 2 is 1.83 bits per heavy atom. The number of ether oxygens (including phenoxy) is 1. The SMILES string of the molecule is CC[C@@]1(C(=O)O)C[C@@H]2CC[C@H]1N2C(=O)c1ccccc1OCCc1ccccc1. The summed E-state index contributed by atoms with van der Waals surface area (Å²) in [4.78, 5) is 27.3. The monoisotopic (exact) mass is 393 g/mol. The van der Waals surface area contributed by atoms with Crippen LogP contribution >= 0.6 is 0 Å². The van der Waals surface area contributed by atoms with Crippen molar-refractivity contribution in [2.45, 2.75) is 51.1 Å². The van der Waals surface area contributed by atoms with E-state index in [1.54, 1.807) is 6.07 Å². The third-order valence-electron chi connectivity index (χ3n) is 6.64. The van der Waals surface area contributed by atoms with Crippen LogP contribution in [0.3, 0.4) is 0 Å². The Labute approximate surface area is 171 Å². The van der Waals surface area contributed by atoms with E-state index < -0.39 is 11.4 Å². The van der Waals surface area contributed by atoms with Crippen LogP contribution in [-0.2, 0) is 11.2 Å². The number of hydrogen-bond acceptors (Lipinski definition) is 3. The molecule has 0 saturated carbocycles. The van der Waals surface area contributed by atoms with Gasteiger partial charge in [-0.25, -0.2) is 0 Å². The van der Waals surface area contributed by atoms with E-state index in [1.807, 2.05) is 48.2 Å². The molecule has 2 aliphatic rings. The molecule has 2 fully saturated rings. The molecule has 0 unspecified atom stereocenters. The molecule has 1 N–H and O–H groups in total. The van der Waals surface area contributed by atoms with Crippen molar-refractivity contribution in [2.24, 2.45) is 5.41 Å². The highest BCUT2D eigenvalue weighted by Crippen LogP contribution is 2.52. The lowest BCUT2D eigenvalue weighted by Crippen LogP contribution is -2.44. The first-order chi connectivity index (χ1) is 14.1. The average molecular weight is 393 g/mol. The molecule has 5 heteroatoms. The average Bonchev–Trinajstić information content (AvgIpc) is 3.31. The smallest absolute Gasteiger partial charge is 0.311 e. The Hall–Kier alpha value is -2.82. The van der Waals surface area contributed by atoms with Crippen molar-refractivity contribution in [3.8, 4) is 5.75 Å². The highest BCUT2D eigenvalue weighted by molar-refractivity contribution is 5.98. The summed E-state index contributed by atoms with van der Waals surface area (Å²) in [6, 6.07) is 17.2. The van der Waals surface area contributed by atoms with Crippen LogP contribution in [0.15, 0.2) is 54.6 Å². The van der Waals surface area contributed by atoms with Gasteiger partial charge in [-0.2, -0.15) is 0 Å². The highest BCUT2D eigenvalue weighted by atomic mass is 16.5. The summed E-state index contributed by atoms with van der Waals surface area (Å²) in [5, 5.41) is 9.87. The largest absolute Gasteiger partial charge is 0.492 e. The van der Waals surface area contributed by atoms with Crippen LogP contribution in [0.2, 0.25) is 0 Å². The number of rotatable bonds is 7. The second-order valence-corrected chi connectivity index (χ2v) is 8.06. The topological polar surface area (TPSA) is 66.8 Å². The maximum absolute atomic E-state index is 13.4. The van der Waals surface area contributed by atoms with Crippen molar-refractivity contribution in [2.75, 3.05) is 6.61 Å². The molecule has 2 saturated heterocycles. The first-order valence-electron chi connectivity index (χ1n) is 10.4. The van der Waals surface area contributed by atoms with Crippen molar-refractivity contribution in [3.05, 3.63) is 65.7 Å².